The number of hydrogen-bond acceptors (Lipinski definition) is 4. The molecule has 5 nitrogen and oxygen atoms in total. The molecule has 0 aliphatic carbocycles. The van der Waals surface area contributed by atoms with Crippen LogP contribution in [0.3, 0.4) is 0 Å². The number of hydrogen-bond donors (Lipinski definition) is 1. The Morgan fingerprint density at radius 3 is 2.71 bits per heavy atom. The molecule has 148 valence electrons. The Balaban J connectivity index is 1.36. The first-order valence-corrected chi connectivity index (χ1v) is 10.0. The maximum atomic E-state index is 12.5. The van der Waals surface area contributed by atoms with Crippen LogP contribution in [0.15, 0.2) is 54.6 Å². The molecule has 4 rings (SSSR count). The highest BCUT2D eigenvalue weighted by Gasteiger charge is 2.50. The quantitative estimate of drug-likeness (QED) is 0.835. The van der Waals surface area contributed by atoms with Crippen molar-refractivity contribution in [3.05, 3.63) is 65.7 Å². The van der Waals surface area contributed by atoms with Crippen LogP contribution in [0.2, 0.25) is 0 Å². The third-order valence-corrected chi connectivity index (χ3v) is 5.63. The minimum atomic E-state index is -0.279. The molecule has 0 unspecified atom stereocenters. The smallest absolute Gasteiger partial charge is 0.238 e. The molecule has 5 heteroatoms. The van der Waals surface area contributed by atoms with Crippen LogP contribution in [0.1, 0.15) is 24.0 Å². The number of ether oxygens (including phenoxy) is 2. The van der Waals surface area contributed by atoms with Crippen LogP contribution >= 0.6 is 0 Å². The lowest BCUT2D eigenvalue weighted by atomic mass is 9.96. The number of carbonyl (C=O) groups is 1. The minimum absolute atomic E-state index is 0.000657. The van der Waals surface area contributed by atoms with E-state index >= 15 is 0 Å². The normalized spacial score (nSPS) is 24.7. The zero-order valence-electron chi connectivity index (χ0n) is 16.4. The predicted molar refractivity (Wildman–Crippen MR) is 109 cm³/mol. The van der Waals surface area contributed by atoms with Crippen LogP contribution in [0.4, 0.5) is 5.69 Å². The minimum Gasteiger partial charge on any atom is -0.371 e. The Kier molecular flexibility index (Phi) is 5.76. The first-order valence-electron chi connectivity index (χ1n) is 10.0. The largest absolute Gasteiger partial charge is 0.371 e. The van der Waals surface area contributed by atoms with E-state index in [-0.39, 0.29) is 17.6 Å². The maximum Gasteiger partial charge on any atom is 0.238 e. The second-order valence-electron chi connectivity index (χ2n) is 7.89. The van der Waals surface area contributed by atoms with Gasteiger partial charge in [-0.25, -0.2) is 0 Å². The van der Waals surface area contributed by atoms with E-state index in [4.69, 9.17) is 9.47 Å². The SMILES string of the molecule is Cc1ccc(NC(=O)CN2C[C@H](OCc3ccccc3)[C@]3(CCCO3)C2)cc1. The summed E-state index contributed by atoms with van der Waals surface area (Å²) < 4.78 is 12.4. The molecule has 2 heterocycles. The fraction of sp³-hybridized carbons (Fsp3) is 0.435. The first kappa shape index (κ1) is 19.1. The summed E-state index contributed by atoms with van der Waals surface area (Å²) in [5.74, 6) is 0.000657. The van der Waals surface area contributed by atoms with Gasteiger partial charge in [0.25, 0.3) is 0 Å². The molecule has 28 heavy (non-hydrogen) atoms. The van der Waals surface area contributed by atoms with Gasteiger partial charge in [0.05, 0.1) is 13.2 Å². The number of aryl methyl sites for hydroxylation is 1. The Hall–Kier alpha value is -2.21. The van der Waals surface area contributed by atoms with Gasteiger partial charge in [0.15, 0.2) is 0 Å². The van der Waals surface area contributed by atoms with Gasteiger partial charge >= 0.3 is 0 Å². The van der Waals surface area contributed by atoms with Gasteiger partial charge in [-0.3, -0.25) is 9.69 Å². The van der Waals surface area contributed by atoms with Crippen LogP contribution in [0.25, 0.3) is 0 Å². The van der Waals surface area contributed by atoms with Gasteiger partial charge in [-0.2, -0.15) is 0 Å². The monoisotopic (exact) mass is 380 g/mol. The highest BCUT2D eigenvalue weighted by atomic mass is 16.6. The van der Waals surface area contributed by atoms with Crippen molar-refractivity contribution in [3.8, 4) is 0 Å². The lowest BCUT2D eigenvalue weighted by molar-refractivity contribution is -0.117. The van der Waals surface area contributed by atoms with Gasteiger partial charge in [-0.1, -0.05) is 48.0 Å². The van der Waals surface area contributed by atoms with Crippen molar-refractivity contribution in [2.45, 2.75) is 38.1 Å². The summed E-state index contributed by atoms with van der Waals surface area (Å²) in [6.45, 7) is 5.19. The van der Waals surface area contributed by atoms with Crippen molar-refractivity contribution in [2.75, 3.05) is 31.6 Å². The molecule has 2 aliphatic rings. The molecular weight excluding hydrogens is 352 g/mol. The Labute approximate surface area is 166 Å². The molecule has 0 aromatic heterocycles. The van der Waals surface area contributed by atoms with Gasteiger partial charge in [-0.15, -0.1) is 0 Å². The second kappa shape index (κ2) is 8.43. The van der Waals surface area contributed by atoms with E-state index in [0.717, 1.165) is 37.2 Å². The number of nitrogens with one attached hydrogen (secondary N) is 1. The van der Waals surface area contributed by atoms with Crippen LogP contribution in [0, 0.1) is 6.92 Å². The molecule has 2 fully saturated rings. The van der Waals surface area contributed by atoms with E-state index in [0.29, 0.717) is 19.7 Å². The second-order valence-corrected chi connectivity index (χ2v) is 7.89. The first-order chi connectivity index (χ1) is 13.6. The Morgan fingerprint density at radius 2 is 2.00 bits per heavy atom. The predicted octanol–water partition coefficient (Wildman–Crippen LogP) is 3.38. The van der Waals surface area contributed by atoms with Crippen LogP contribution in [-0.2, 0) is 20.9 Å². The summed E-state index contributed by atoms with van der Waals surface area (Å²) in [4.78, 5) is 14.7. The molecule has 2 aliphatic heterocycles. The summed E-state index contributed by atoms with van der Waals surface area (Å²) in [6, 6.07) is 18.1. The summed E-state index contributed by atoms with van der Waals surface area (Å²) >= 11 is 0. The van der Waals surface area contributed by atoms with Crippen molar-refractivity contribution >= 4 is 11.6 Å². The van der Waals surface area contributed by atoms with E-state index in [1.807, 2.05) is 49.4 Å². The van der Waals surface area contributed by atoms with Crippen molar-refractivity contribution in [2.24, 2.45) is 0 Å². The number of benzene rings is 2. The van der Waals surface area contributed by atoms with Gasteiger partial charge in [0.2, 0.25) is 5.91 Å². The lowest BCUT2D eigenvalue weighted by Gasteiger charge is -2.29. The third-order valence-electron chi connectivity index (χ3n) is 5.63. The average Bonchev–Trinajstić information content (AvgIpc) is 3.30. The molecule has 2 aromatic carbocycles. The van der Waals surface area contributed by atoms with E-state index < -0.39 is 0 Å². The van der Waals surface area contributed by atoms with Gasteiger partial charge in [0, 0.05) is 25.4 Å². The number of nitrogens with zero attached hydrogens (tertiary/aromatic N) is 1. The van der Waals surface area contributed by atoms with E-state index in [9.17, 15) is 4.79 Å². The summed E-state index contributed by atoms with van der Waals surface area (Å²) in [5, 5.41) is 2.99. The molecule has 2 saturated heterocycles. The topological polar surface area (TPSA) is 50.8 Å². The number of carbonyl (C=O) groups excluding carboxylic acids is 1. The van der Waals surface area contributed by atoms with E-state index in [1.165, 1.54) is 5.56 Å². The van der Waals surface area contributed by atoms with Crippen molar-refractivity contribution in [1.82, 2.24) is 4.90 Å². The maximum absolute atomic E-state index is 12.5. The molecular formula is C23H28N2O3. The van der Waals surface area contributed by atoms with Crippen LogP contribution < -0.4 is 5.32 Å². The third kappa shape index (κ3) is 4.43. The molecule has 1 amide bonds. The number of amides is 1. The fourth-order valence-corrected chi connectivity index (χ4v) is 4.18. The molecule has 0 radical (unpaired) electrons. The zero-order valence-corrected chi connectivity index (χ0v) is 16.4. The fourth-order valence-electron chi connectivity index (χ4n) is 4.18. The van der Waals surface area contributed by atoms with Gasteiger partial charge < -0.3 is 14.8 Å². The van der Waals surface area contributed by atoms with Crippen molar-refractivity contribution < 1.29 is 14.3 Å². The Bertz CT molecular complexity index is 785. The molecule has 1 N–H and O–H groups in total. The van der Waals surface area contributed by atoms with Gasteiger partial charge in [0.1, 0.15) is 11.7 Å². The summed E-state index contributed by atoms with van der Waals surface area (Å²) in [6.07, 6.45) is 2.03. The van der Waals surface area contributed by atoms with Crippen molar-refractivity contribution in [1.29, 1.82) is 0 Å². The molecule has 0 saturated carbocycles. The summed E-state index contributed by atoms with van der Waals surface area (Å²) in [7, 11) is 0. The van der Waals surface area contributed by atoms with Gasteiger partial charge in [-0.05, 0) is 37.5 Å². The molecule has 2 atom stereocenters. The summed E-state index contributed by atoms with van der Waals surface area (Å²) in [5.41, 5.74) is 2.89. The van der Waals surface area contributed by atoms with Crippen LogP contribution in [-0.4, -0.2) is 48.8 Å². The number of likely N-dealkylation sites (tertiary alicyclic amines) is 1. The average molecular weight is 380 g/mol. The number of anilines is 1. The highest BCUT2D eigenvalue weighted by Crippen LogP contribution is 2.37. The molecule has 2 aromatic rings. The highest BCUT2D eigenvalue weighted by molar-refractivity contribution is 5.92. The Morgan fingerprint density at radius 1 is 1.21 bits per heavy atom. The van der Waals surface area contributed by atoms with Crippen molar-refractivity contribution in [3.63, 3.8) is 0 Å². The van der Waals surface area contributed by atoms with E-state index in [2.05, 4.69) is 22.3 Å². The molecule has 1 spiro atoms. The zero-order chi connectivity index (χ0) is 19.4. The van der Waals surface area contributed by atoms with Crippen LogP contribution in [0.5, 0.6) is 0 Å². The molecule has 0 bridgehead atoms. The number of rotatable bonds is 6. The lowest BCUT2D eigenvalue weighted by Crippen LogP contribution is -2.42. The van der Waals surface area contributed by atoms with E-state index in [1.54, 1.807) is 0 Å². The standard InChI is InChI=1S/C23H28N2O3/c1-18-8-10-20(11-9-18)24-22(26)15-25-14-21(23(17-25)12-5-13-28-23)27-16-19-6-3-2-4-7-19/h2-4,6-11,21H,5,12-17H2,1H3,(H,24,26)/t21-,23-/m0/s1.